The lowest BCUT2D eigenvalue weighted by Gasteiger charge is -2.51. The summed E-state index contributed by atoms with van der Waals surface area (Å²) in [7, 11) is 3.95. The van der Waals surface area contributed by atoms with E-state index in [2.05, 4.69) is 5.43 Å². The third kappa shape index (κ3) is 4.53. The maximum Gasteiger partial charge on any atom is 0.423 e. The molecule has 0 spiro atoms. The van der Waals surface area contributed by atoms with Gasteiger partial charge in [-0.15, -0.1) is 0 Å². The van der Waals surface area contributed by atoms with Crippen LogP contribution in [0.5, 0.6) is 17.2 Å². The van der Waals surface area contributed by atoms with Gasteiger partial charge in [0.2, 0.25) is 11.8 Å². The van der Waals surface area contributed by atoms with Crippen LogP contribution >= 0.6 is 0 Å². The van der Waals surface area contributed by atoms with E-state index in [1.54, 1.807) is 36.4 Å². The Kier molecular flexibility index (Phi) is 7.69. The van der Waals surface area contributed by atoms with Crippen LogP contribution in [-0.2, 0) is 29.3 Å². The lowest BCUT2D eigenvalue weighted by Crippen LogP contribution is -2.53. The zero-order valence-corrected chi connectivity index (χ0v) is 27.3. The van der Waals surface area contributed by atoms with Crippen molar-refractivity contribution in [3.8, 4) is 17.2 Å². The van der Waals surface area contributed by atoms with E-state index >= 15 is 4.79 Å². The highest BCUT2D eigenvalue weighted by molar-refractivity contribution is 6.16. The van der Waals surface area contributed by atoms with Crippen LogP contribution in [0.15, 0.2) is 78.4 Å². The Hall–Kier alpha value is -5.65. The van der Waals surface area contributed by atoms with Crippen molar-refractivity contribution in [2.75, 3.05) is 26.8 Å². The number of carbonyl (C=O) groups is 5. The van der Waals surface area contributed by atoms with E-state index in [1.807, 2.05) is 31.2 Å². The zero-order valence-electron chi connectivity index (χ0n) is 27.3. The van der Waals surface area contributed by atoms with Crippen molar-refractivity contribution < 1.29 is 43.3 Å². The van der Waals surface area contributed by atoms with Gasteiger partial charge in [0.25, 0.3) is 11.8 Å². The highest BCUT2D eigenvalue weighted by Gasteiger charge is 2.71. The molecule has 3 fully saturated rings. The molecule has 2 heterocycles. The van der Waals surface area contributed by atoms with Crippen LogP contribution in [-0.4, -0.2) is 66.1 Å². The minimum absolute atomic E-state index is 0.0335. The minimum atomic E-state index is -1.59. The van der Waals surface area contributed by atoms with Gasteiger partial charge in [-0.05, 0) is 43.4 Å². The molecule has 2 N–H and O–H groups in total. The predicted octanol–water partition coefficient (Wildman–Crippen LogP) is 4.47. The number of hydrazine groups is 1. The summed E-state index contributed by atoms with van der Waals surface area (Å²) in [5, 5.41) is 11.7. The van der Waals surface area contributed by atoms with Gasteiger partial charge in [0, 0.05) is 23.6 Å². The summed E-state index contributed by atoms with van der Waals surface area (Å²) < 4.78 is 16.5. The van der Waals surface area contributed by atoms with Gasteiger partial charge in [-0.3, -0.25) is 24.6 Å². The molecule has 252 valence electrons. The third-order valence-corrected chi connectivity index (χ3v) is 10.6. The molecule has 3 aromatic carbocycles. The van der Waals surface area contributed by atoms with Crippen molar-refractivity contribution >= 4 is 35.4 Å². The average Bonchev–Trinajstić information content (AvgIpc) is 3.49. The van der Waals surface area contributed by atoms with Gasteiger partial charge in [-0.1, -0.05) is 59.7 Å². The fourth-order valence-corrected chi connectivity index (χ4v) is 8.54. The van der Waals surface area contributed by atoms with E-state index in [0.717, 1.165) is 17.7 Å². The van der Waals surface area contributed by atoms with Gasteiger partial charge in [-0.25, -0.2) is 4.79 Å². The minimum Gasteiger partial charge on any atom is -0.508 e. The molecule has 0 bridgehead atoms. The van der Waals surface area contributed by atoms with Crippen molar-refractivity contribution in [3.05, 3.63) is 95.1 Å². The maximum atomic E-state index is 15.3. The van der Waals surface area contributed by atoms with Crippen LogP contribution in [0.3, 0.4) is 0 Å². The highest BCUT2D eigenvalue weighted by atomic mass is 16.5. The molecule has 2 aliphatic heterocycles. The fraction of sp³-hybridized carbons (Fsp3) is 0.324. The number of aromatic hydroxyl groups is 1. The van der Waals surface area contributed by atoms with E-state index in [1.165, 1.54) is 26.4 Å². The van der Waals surface area contributed by atoms with Gasteiger partial charge < -0.3 is 19.3 Å². The second-order valence-corrected chi connectivity index (χ2v) is 12.8. The number of phenolic OH excluding ortho intramolecular Hbond substituents is 1. The number of ether oxygens (including phenoxy) is 3. The Bertz CT molecular complexity index is 1900. The first-order valence-corrected chi connectivity index (χ1v) is 16.0. The molecule has 6 atom stereocenters. The van der Waals surface area contributed by atoms with E-state index in [9.17, 15) is 24.3 Å². The first-order chi connectivity index (χ1) is 23.6. The summed E-state index contributed by atoms with van der Waals surface area (Å²) in [5.41, 5.74) is 4.56. The number of amides is 5. The molecule has 7 rings (SSSR count). The third-order valence-electron chi connectivity index (χ3n) is 10.6. The summed E-state index contributed by atoms with van der Waals surface area (Å²) in [4.78, 5) is 70.7. The summed E-state index contributed by atoms with van der Waals surface area (Å²) in [5.74, 6) is -6.73. The molecule has 12 nitrogen and oxygen atoms in total. The molecule has 2 saturated heterocycles. The van der Waals surface area contributed by atoms with E-state index in [-0.39, 0.29) is 30.1 Å². The summed E-state index contributed by atoms with van der Waals surface area (Å²) in [6.45, 7) is 1.93. The van der Waals surface area contributed by atoms with E-state index in [0.29, 0.717) is 27.3 Å². The molecule has 49 heavy (non-hydrogen) atoms. The standard InChI is InChI=1S/C37H35N3O9/c1-19-10-12-21(13-11-19)38-40-33(43)26-18-25-23(14-15-24-29(25)34(44)39(32(24)42)36(46)49-4)31(30-27(47-2)16-22(41)17-28(30)48-3)37(26,35(40)45)20-8-6-5-7-9-20/h5-14,16-17,24-26,29,31,38,41H,15,18H2,1-4H3/t24-,25+,26-,29-,31+,37+/m0/s1. The van der Waals surface area contributed by atoms with Gasteiger partial charge in [0.1, 0.15) is 17.2 Å². The quantitative estimate of drug-likeness (QED) is 0.285. The Morgan fingerprint density at radius 3 is 2.14 bits per heavy atom. The molecule has 12 heteroatoms. The van der Waals surface area contributed by atoms with Crippen molar-refractivity contribution in [1.82, 2.24) is 9.91 Å². The topological polar surface area (TPSA) is 152 Å². The monoisotopic (exact) mass is 665 g/mol. The molecular formula is C37H35N3O9. The zero-order chi connectivity index (χ0) is 34.8. The van der Waals surface area contributed by atoms with Crippen molar-refractivity contribution in [2.45, 2.75) is 31.1 Å². The van der Waals surface area contributed by atoms with E-state index in [4.69, 9.17) is 14.2 Å². The van der Waals surface area contributed by atoms with Gasteiger partial charge in [0.05, 0.1) is 50.2 Å². The number of hydrogen-bond donors (Lipinski definition) is 2. The Labute approximate surface area is 282 Å². The first kappa shape index (κ1) is 31.9. The summed E-state index contributed by atoms with van der Waals surface area (Å²) >= 11 is 0. The largest absolute Gasteiger partial charge is 0.508 e. The number of rotatable bonds is 6. The van der Waals surface area contributed by atoms with Gasteiger partial charge >= 0.3 is 6.09 Å². The molecule has 1 saturated carbocycles. The number of carbonyl (C=O) groups excluding carboxylic acids is 5. The highest BCUT2D eigenvalue weighted by Crippen LogP contribution is 2.66. The smallest absolute Gasteiger partial charge is 0.423 e. The van der Waals surface area contributed by atoms with Crippen molar-refractivity contribution in [2.24, 2.45) is 23.7 Å². The van der Waals surface area contributed by atoms with Crippen LogP contribution in [0.2, 0.25) is 0 Å². The molecule has 2 aliphatic carbocycles. The summed E-state index contributed by atoms with van der Waals surface area (Å²) in [6, 6.07) is 19.1. The Morgan fingerprint density at radius 2 is 1.53 bits per heavy atom. The number of aryl methyl sites for hydroxylation is 1. The predicted molar refractivity (Wildman–Crippen MR) is 174 cm³/mol. The van der Waals surface area contributed by atoms with Crippen LogP contribution in [0.25, 0.3) is 0 Å². The number of nitrogens with zero attached hydrogens (tertiary/aromatic N) is 2. The number of nitrogens with one attached hydrogen (secondary N) is 1. The average molecular weight is 666 g/mol. The lowest BCUT2D eigenvalue weighted by atomic mass is 9.49. The first-order valence-electron chi connectivity index (χ1n) is 16.0. The number of hydrogen-bond acceptors (Lipinski definition) is 10. The molecule has 3 aromatic rings. The Balaban J connectivity index is 1.50. The molecular weight excluding hydrogens is 630 g/mol. The van der Waals surface area contributed by atoms with Gasteiger partial charge in [-0.2, -0.15) is 9.91 Å². The number of benzene rings is 3. The fourth-order valence-electron chi connectivity index (χ4n) is 8.54. The SMILES string of the molecule is COC(=O)N1C(=O)[C@H]2[C@H](CC=C3[C@H]2C[C@H]2C(=O)N(Nc4ccc(C)cc4)C(=O)[C@@]2(c2ccccc2)[C@H]3c2c(OC)cc(O)cc2OC)C1=O. The molecule has 0 aromatic heterocycles. The van der Waals surface area contributed by atoms with E-state index < -0.39 is 64.7 Å². The Morgan fingerprint density at radius 1 is 0.878 bits per heavy atom. The lowest BCUT2D eigenvalue weighted by molar-refractivity contribution is -0.140. The number of phenols is 1. The number of imide groups is 4. The van der Waals surface area contributed by atoms with Crippen LogP contribution in [0.4, 0.5) is 10.5 Å². The summed E-state index contributed by atoms with van der Waals surface area (Å²) in [6.07, 6.45) is 0.922. The van der Waals surface area contributed by atoms with Crippen molar-refractivity contribution in [3.63, 3.8) is 0 Å². The number of likely N-dealkylation sites (tertiary alicyclic amines) is 1. The van der Waals surface area contributed by atoms with Crippen LogP contribution in [0, 0.1) is 30.6 Å². The number of methoxy groups -OCH3 is 3. The van der Waals surface area contributed by atoms with Gasteiger partial charge in [0.15, 0.2) is 0 Å². The molecule has 4 aliphatic rings. The maximum absolute atomic E-state index is 15.3. The normalized spacial score (nSPS) is 27.3. The molecule has 0 unspecified atom stereocenters. The van der Waals surface area contributed by atoms with Crippen molar-refractivity contribution in [1.29, 1.82) is 0 Å². The second kappa shape index (κ2) is 11.8. The number of fused-ring (bicyclic) bond motifs is 4. The molecule has 0 radical (unpaired) electrons. The number of allylic oxidation sites excluding steroid dienone is 2. The van der Waals surface area contributed by atoms with Crippen LogP contribution in [0.1, 0.15) is 35.4 Å². The molecule has 5 amide bonds. The van der Waals surface area contributed by atoms with Crippen LogP contribution < -0.4 is 14.9 Å². The second-order valence-electron chi connectivity index (χ2n) is 12.8. The number of anilines is 1.